The first-order valence-electron chi connectivity index (χ1n) is 9.60. The van der Waals surface area contributed by atoms with Crippen LogP contribution in [0.1, 0.15) is 37.7 Å². The van der Waals surface area contributed by atoms with Crippen molar-refractivity contribution in [2.75, 3.05) is 32.7 Å². The molecule has 148 valence electrons. The van der Waals surface area contributed by atoms with E-state index in [0.29, 0.717) is 43.9 Å². The summed E-state index contributed by atoms with van der Waals surface area (Å²) in [6.45, 7) is 2.32. The molecule has 0 atom stereocenters. The summed E-state index contributed by atoms with van der Waals surface area (Å²) in [5.74, 6) is -0.177. The molecule has 2 aliphatic rings. The molecule has 3 rings (SSSR count). The summed E-state index contributed by atoms with van der Waals surface area (Å²) in [5, 5.41) is 2.70. The van der Waals surface area contributed by atoms with Gasteiger partial charge in [0.2, 0.25) is 21.8 Å². The number of amides is 2. The molecule has 2 saturated heterocycles. The number of benzene rings is 1. The van der Waals surface area contributed by atoms with E-state index in [0.717, 1.165) is 31.2 Å². The van der Waals surface area contributed by atoms with Crippen molar-refractivity contribution in [3.63, 3.8) is 0 Å². The lowest BCUT2D eigenvalue weighted by Gasteiger charge is -2.26. The predicted octanol–water partition coefficient (Wildman–Crippen LogP) is 1.14. The van der Waals surface area contributed by atoms with Crippen LogP contribution in [0.3, 0.4) is 0 Å². The first kappa shape index (κ1) is 19.8. The van der Waals surface area contributed by atoms with Gasteiger partial charge < -0.3 is 10.2 Å². The number of aryl methyl sites for hydroxylation is 1. The van der Waals surface area contributed by atoms with E-state index in [1.807, 2.05) is 0 Å². The summed E-state index contributed by atoms with van der Waals surface area (Å²) in [7, 11) is -3.44. The molecular formula is C19H27N3O4S. The highest BCUT2D eigenvalue weighted by molar-refractivity contribution is 7.89. The maximum absolute atomic E-state index is 12.8. The Morgan fingerprint density at radius 2 is 1.67 bits per heavy atom. The van der Waals surface area contributed by atoms with Gasteiger partial charge in [0, 0.05) is 32.6 Å². The number of carbonyl (C=O) groups is 2. The van der Waals surface area contributed by atoms with Crippen molar-refractivity contribution in [1.82, 2.24) is 14.5 Å². The monoisotopic (exact) mass is 393 g/mol. The van der Waals surface area contributed by atoms with Crippen molar-refractivity contribution in [2.24, 2.45) is 0 Å². The molecule has 1 aromatic rings. The van der Waals surface area contributed by atoms with E-state index in [-0.39, 0.29) is 18.4 Å². The summed E-state index contributed by atoms with van der Waals surface area (Å²) < 4.78 is 27.1. The summed E-state index contributed by atoms with van der Waals surface area (Å²) in [5.41, 5.74) is 0.916. The molecule has 0 unspecified atom stereocenters. The van der Waals surface area contributed by atoms with Crippen LogP contribution in [0.4, 0.5) is 0 Å². The van der Waals surface area contributed by atoms with Gasteiger partial charge in [-0.05, 0) is 37.0 Å². The van der Waals surface area contributed by atoms with Gasteiger partial charge in [-0.25, -0.2) is 8.42 Å². The van der Waals surface area contributed by atoms with E-state index >= 15 is 0 Å². The van der Waals surface area contributed by atoms with Crippen molar-refractivity contribution in [2.45, 2.75) is 43.4 Å². The smallest absolute Gasteiger partial charge is 0.243 e. The first-order chi connectivity index (χ1) is 13.0. The molecule has 7 nitrogen and oxygen atoms in total. The van der Waals surface area contributed by atoms with E-state index in [1.165, 1.54) is 0 Å². The fourth-order valence-electron chi connectivity index (χ4n) is 3.52. The molecule has 2 heterocycles. The van der Waals surface area contributed by atoms with Gasteiger partial charge in [0.05, 0.1) is 11.4 Å². The van der Waals surface area contributed by atoms with Crippen molar-refractivity contribution < 1.29 is 18.0 Å². The third-order valence-corrected chi connectivity index (χ3v) is 7.06. The maximum Gasteiger partial charge on any atom is 0.243 e. The standard InChI is InChI=1S/C19H27N3O4S/c23-18-15-21(14-11-20-18)19(24)10-7-16-5-8-17(9-6-16)27(25,26)22-12-3-1-2-4-13-22/h5-6,8-9H,1-4,7,10-15H2,(H,20,23). The molecule has 0 saturated carbocycles. The van der Waals surface area contributed by atoms with Crippen molar-refractivity contribution in [3.8, 4) is 0 Å². The van der Waals surface area contributed by atoms with Crippen LogP contribution in [0.25, 0.3) is 0 Å². The molecule has 27 heavy (non-hydrogen) atoms. The number of rotatable bonds is 5. The van der Waals surface area contributed by atoms with E-state index in [4.69, 9.17) is 0 Å². The second-order valence-electron chi connectivity index (χ2n) is 7.13. The highest BCUT2D eigenvalue weighted by Crippen LogP contribution is 2.21. The zero-order valence-electron chi connectivity index (χ0n) is 15.5. The fraction of sp³-hybridized carbons (Fsp3) is 0.579. The quantitative estimate of drug-likeness (QED) is 0.813. The second kappa shape index (κ2) is 8.84. The van der Waals surface area contributed by atoms with Gasteiger partial charge in [-0.2, -0.15) is 4.31 Å². The Hall–Kier alpha value is -1.93. The molecular weight excluding hydrogens is 366 g/mol. The fourth-order valence-corrected chi connectivity index (χ4v) is 5.04. The number of nitrogens with zero attached hydrogens (tertiary/aromatic N) is 2. The predicted molar refractivity (Wildman–Crippen MR) is 102 cm³/mol. The lowest BCUT2D eigenvalue weighted by atomic mass is 10.1. The van der Waals surface area contributed by atoms with E-state index in [2.05, 4.69) is 5.32 Å². The molecule has 0 aromatic heterocycles. The van der Waals surface area contributed by atoms with Crippen LogP contribution in [0, 0.1) is 0 Å². The molecule has 8 heteroatoms. The summed E-state index contributed by atoms with van der Waals surface area (Å²) in [6.07, 6.45) is 4.82. The van der Waals surface area contributed by atoms with Crippen LogP contribution in [0.2, 0.25) is 0 Å². The molecule has 1 aromatic carbocycles. The van der Waals surface area contributed by atoms with Gasteiger partial charge in [-0.1, -0.05) is 25.0 Å². The summed E-state index contributed by atoms with van der Waals surface area (Å²) in [4.78, 5) is 25.5. The Morgan fingerprint density at radius 3 is 2.30 bits per heavy atom. The molecule has 0 aliphatic carbocycles. The number of hydrogen-bond donors (Lipinski definition) is 1. The third kappa shape index (κ3) is 5.07. The van der Waals surface area contributed by atoms with E-state index < -0.39 is 10.0 Å². The Kier molecular flexibility index (Phi) is 6.49. The van der Waals surface area contributed by atoms with Gasteiger partial charge in [-0.3, -0.25) is 9.59 Å². The normalized spacial score (nSPS) is 19.4. The van der Waals surface area contributed by atoms with Crippen molar-refractivity contribution >= 4 is 21.8 Å². The highest BCUT2D eigenvalue weighted by atomic mass is 32.2. The molecule has 2 aliphatic heterocycles. The van der Waals surface area contributed by atoms with Gasteiger partial charge in [0.1, 0.15) is 0 Å². The topological polar surface area (TPSA) is 86.8 Å². The second-order valence-corrected chi connectivity index (χ2v) is 9.07. The number of sulfonamides is 1. The van der Waals surface area contributed by atoms with Crippen LogP contribution in [0.5, 0.6) is 0 Å². The Morgan fingerprint density at radius 1 is 1.00 bits per heavy atom. The minimum atomic E-state index is -3.44. The molecule has 0 radical (unpaired) electrons. The zero-order valence-corrected chi connectivity index (χ0v) is 16.3. The van der Waals surface area contributed by atoms with Crippen molar-refractivity contribution in [3.05, 3.63) is 29.8 Å². The molecule has 0 spiro atoms. The van der Waals surface area contributed by atoms with Crippen LogP contribution >= 0.6 is 0 Å². The summed E-state index contributed by atoms with van der Waals surface area (Å²) in [6, 6.07) is 6.82. The van der Waals surface area contributed by atoms with Crippen LogP contribution in [-0.2, 0) is 26.0 Å². The minimum Gasteiger partial charge on any atom is -0.353 e. The Labute approximate surface area is 160 Å². The van der Waals surface area contributed by atoms with Crippen LogP contribution < -0.4 is 5.32 Å². The van der Waals surface area contributed by atoms with Crippen molar-refractivity contribution in [1.29, 1.82) is 0 Å². The van der Waals surface area contributed by atoms with Crippen LogP contribution in [-0.4, -0.2) is 62.2 Å². The minimum absolute atomic E-state index is 0.0499. The Bertz CT molecular complexity index is 769. The zero-order chi connectivity index (χ0) is 19.3. The average molecular weight is 394 g/mol. The maximum atomic E-state index is 12.8. The van der Waals surface area contributed by atoms with Gasteiger partial charge in [-0.15, -0.1) is 0 Å². The third-order valence-electron chi connectivity index (χ3n) is 5.14. The molecule has 0 bridgehead atoms. The van der Waals surface area contributed by atoms with Crippen LogP contribution in [0.15, 0.2) is 29.2 Å². The van der Waals surface area contributed by atoms with Gasteiger partial charge in [0.25, 0.3) is 0 Å². The number of hydrogen-bond acceptors (Lipinski definition) is 4. The van der Waals surface area contributed by atoms with E-state index in [1.54, 1.807) is 33.5 Å². The van der Waals surface area contributed by atoms with Gasteiger partial charge in [0.15, 0.2) is 0 Å². The molecule has 2 fully saturated rings. The molecule has 1 N–H and O–H groups in total. The highest BCUT2D eigenvalue weighted by Gasteiger charge is 2.25. The van der Waals surface area contributed by atoms with Gasteiger partial charge >= 0.3 is 0 Å². The molecule has 2 amide bonds. The SMILES string of the molecule is O=C1CN(C(=O)CCc2ccc(S(=O)(=O)N3CCCCCC3)cc2)CCN1. The number of piperazine rings is 1. The number of nitrogens with one attached hydrogen (secondary N) is 1. The van der Waals surface area contributed by atoms with E-state index in [9.17, 15) is 18.0 Å². The lowest BCUT2D eigenvalue weighted by Crippen LogP contribution is -2.50. The average Bonchev–Trinajstić information content (AvgIpc) is 2.96. The Balaban J connectivity index is 1.58. The lowest BCUT2D eigenvalue weighted by molar-refractivity contribution is -0.138. The first-order valence-corrected chi connectivity index (χ1v) is 11.0. The summed E-state index contributed by atoms with van der Waals surface area (Å²) >= 11 is 0. The number of carbonyl (C=O) groups excluding carboxylic acids is 2. The largest absolute Gasteiger partial charge is 0.353 e.